The number of amides is 3. The molecule has 0 bridgehead atoms. The molecular formula is C24H22ClF2N3O6. The van der Waals surface area contributed by atoms with Crippen LogP contribution in [0.3, 0.4) is 0 Å². The summed E-state index contributed by atoms with van der Waals surface area (Å²) in [6.45, 7) is 4.71. The van der Waals surface area contributed by atoms with E-state index in [0.29, 0.717) is 11.1 Å². The van der Waals surface area contributed by atoms with Gasteiger partial charge in [0.1, 0.15) is 17.1 Å². The fourth-order valence-corrected chi connectivity index (χ4v) is 4.17. The molecule has 1 saturated heterocycles. The number of β-lactam (4-membered cyclic amide) rings is 1. The van der Waals surface area contributed by atoms with Gasteiger partial charge in [-0.1, -0.05) is 29.5 Å². The van der Waals surface area contributed by atoms with Crippen molar-refractivity contribution in [3.8, 4) is 23.3 Å². The van der Waals surface area contributed by atoms with Gasteiger partial charge in [-0.25, -0.2) is 9.78 Å². The van der Waals surface area contributed by atoms with Gasteiger partial charge in [-0.05, 0) is 50.6 Å². The van der Waals surface area contributed by atoms with Crippen LogP contribution in [-0.2, 0) is 9.53 Å². The quantitative estimate of drug-likeness (QED) is 0.268. The lowest BCUT2D eigenvalue weighted by Gasteiger charge is -2.49. The molecular weight excluding hydrogens is 500 g/mol. The van der Waals surface area contributed by atoms with Gasteiger partial charge in [-0.15, -0.1) is 8.78 Å². The van der Waals surface area contributed by atoms with Crippen molar-refractivity contribution in [2.24, 2.45) is 5.92 Å². The van der Waals surface area contributed by atoms with E-state index in [4.69, 9.17) is 16.3 Å². The van der Waals surface area contributed by atoms with E-state index >= 15 is 0 Å². The normalized spacial score (nSPS) is 22.1. The van der Waals surface area contributed by atoms with Crippen LogP contribution in [0.5, 0.6) is 11.5 Å². The first-order valence-corrected chi connectivity index (χ1v) is 11.3. The van der Waals surface area contributed by atoms with Crippen LogP contribution in [0.1, 0.15) is 37.9 Å². The Balaban J connectivity index is 1.53. The molecule has 4 atom stereocenters. The molecule has 0 aliphatic carbocycles. The van der Waals surface area contributed by atoms with Crippen molar-refractivity contribution in [3.05, 3.63) is 52.8 Å². The summed E-state index contributed by atoms with van der Waals surface area (Å²) in [4.78, 5) is 30.7. The maximum absolute atomic E-state index is 13.3. The number of rotatable bonds is 5. The van der Waals surface area contributed by atoms with Crippen molar-refractivity contribution in [2.45, 2.75) is 44.9 Å². The fraction of sp³-hybridized carbons (Fsp3) is 0.375. The second kappa shape index (κ2) is 9.54. The van der Waals surface area contributed by atoms with Gasteiger partial charge in [-0.3, -0.25) is 9.69 Å². The van der Waals surface area contributed by atoms with Gasteiger partial charge in [0.2, 0.25) is 5.91 Å². The Kier molecular flexibility index (Phi) is 6.79. The third-order valence-electron chi connectivity index (χ3n) is 5.67. The summed E-state index contributed by atoms with van der Waals surface area (Å²) in [7, 11) is 0. The van der Waals surface area contributed by atoms with Crippen LogP contribution in [0.2, 0.25) is 5.15 Å². The van der Waals surface area contributed by atoms with Crippen molar-refractivity contribution in [1.82, 2.24) is 15.2 Å². The number of pyridine rings is 1. The molecule has 2 aliphatic rings. The highest BCUT2D eigenvalue weighted by atomic mass is 35.5. The van der Waals surface area contributed by atoms with E-state index in [1.54, 1.807) is 19.9 Å². The standard InChI is InChI=1S/C24H22ClF2N3O6/c1-4-34-23(3,33)20-16(7-5-14-9-10-28-19(25)11-14)21(31)30(20)22(32)29-13(2)15-6-8-17-18(12-15)36-24(26,27)35-17/h6,8-13,16,20,33H,4H2,1-3H3,(H,29,32)/t13-,16-,20+,23?/m1/s1. The third-order valence-corrected chi connectivity index (χ3v) is 5.87. The van der Waals surface area contributed by atoms with E-state index < -0.39 is 42.0 Å². The van der Waals surface area contributed by atoms with Crippen molar-refractivity contribution in [3.63, 3.8) is 0 Å². The summed E-state index contributed by atoms with van der Waals surface area (Å²) in [6.07, 6.45) is -2.31. The Morgan fingerprint density at radius 3 is 2.78 bits per heavy atom. The molecule has 1 unspecified atom stereocenters. The molecule has 3 heterocycles. The van der Waals surface area contributed by atoms with Crippen LogP contribution in [0.4, 0.5) is 13.6 Å². The average Bonchev–Trinajstić information content (AvgIpc) is 3.10. The maximum atomic E-state index is 13.3. The Morgan fingerprint density at radius 1 is 1.36 bits per heavy atom. The number of alkyl halides is 2. The van der Waals surface area contributed by atoms with E-state index in [1.165, 1.54) is 37.4 Å². The molecule has 12 heteroatoms. The van der Waals surface area contributed by atoms with Crippen molar-refractivity contribution in [1.29, 1.82) is 0 Å². The topological polar surface area (TPSA) is 110 Å². The van der Waals surface area contributed by atoms with Gasteiger partial charge >= 0.3 is 12.3 Å². The number of carbonyl (C=O) groups is 2. The number of carbonyl (C=O) groups excluding carboxylic acids is 2. The van der Waals surface area contributed by atoms with Crippen molar-refractivity contribution >= 4 is 23.5 Å². The van der Waals surface area contributed by atoms with E-state index in [0.717, 1.165) is 4.90 Å². The van der Waals surface area contributed by atoms with Gasteiger partial charge in [0, 0.05) is 18.4 Å². The largest absolute Gasteiger partial charge is 0.586 e. The maximum Gasteiger partial charge on any atom is 0.586 e. The number of urea groups is 1. The van der Waals surface area contributed by atoms with Crippen LogP contribution in [0.15, 0.2) is 36.5 Å². The summed E-state index contributed by atoms with van der Waals surface area (Å²) in [5, 5.41) is 13.7. The van der Waals surface area contributed by atoms with E-state index in [-0.39, 0.29) is 23.3 Å². The minimum absolute atomic E-state index is 0.117. The van der Waals surface area contributed by atoms with Crippen LogP contribution >= 0.6 is 11.6 Å². The average molecular weight is 522 g/mol. The predicted octanol–water partition coefficient (Wildman–Crippen LogP) is 3.45. The van der Waals surface area contributed by atoms with Crippen molar-refractivity contribution in [2.75, 3.05) is 6.61 Å². The lowest BCUT2D eigenvalue weighted by Crippen LogP contribution is -2.72. The first-order chi connectivity index (χ1) is 16.9. The van der Waals surface area contributed by atoms with Crippen LogP contribution in [0, 0.1) is 17.8 Å². The lowest BCUT2D eigenvalue weighted by molar-refractivity contribution is -0.286. The molecule has 1 aromatic heterocycles. The first kappa shape index (κ1) is 25.6. The summed E-state index contributed by atoms with van der Waals surface area (Å²) in [6, 6.07) is 4.56. The fourth-order valence-electron chi connectivity index (χ4n) is 4.00. The number of hydrogen-bond acceptors (Lipinski definition) is 7. The minimum atomic E-state index is -3.77. The Bertz CT molecular complexity index is 1260. The highest BCUT2D eigenvalue weighted by molar-refractivity contribution is 6.29. The second-order valence-corrected chi connectivity index (χ2v) is 8.69. The number of nitrogens with one attached hydrogen (secondary N) is 1. The number of fused-ring (bicyclic) bond motifs is 1. The molecule has 190 valence electrons. The predicted molar refractivity (Wildman–Crippen MR) is 122 cm³/mol. The molecule has 0 saturated carbocycles. The number of imide groups is 1. The number of aromatic nitrogens is 1. The number of ether oxygens (including phenoxy) is 3. The Labute approximate surface area is 210 Å². The monoisotopic (exact) mass is 521 g/mol. The molecule has 3 amide bonds. The van der Waals surface area contributed by atoms with E-state index in [1.807, 2.05) is 0 Å². The summed E-state index contributed by atoms with van der Waals surface area (Å²) in [5.74, 6) is 1.72. The molecule has 0 spiro atoms. The molecule has 2 aromatic rings. The summed E-state index contributed by atoms with van der Waals surface area (Å²) < 4.78 is 40.9. The number of nitrogens with zero attached hydrogens (tertiary/aromatic N) is 2. The summed E-state index contributed by atoms with van der Waals surface area (Å²) >= 11 is 5.87. The number of aliphatic hydroxyl groups is 1. The van der Waals surface area contributed by atoms with Gasteiger partial charge in [-0.2, -0.15) is 0 Å². The van der Waals surface area contributed by atoms with Crippen LogP contribution < -0.4 is 14.8 Å². The lowest BCUT2D eigenvalue weighted by atomic mass is 9.82. The number of likely N-dealkylation sites (tertiary alicyclic amines) is 1. The molecule has 2 aliphatic heterocycles. The molecule has 9 nitrogen and oxygen atoms in total. The Morgan fingerprint density at radius 2 is 2.08 bits per heavy atom. The smallest absolute Gasteiger partial charge is 0.395 e. The van der Waals surface area contributed by atoms with Gasteiger partial charge in [0.15, 0.2) is 17.3 Å². The highest BCUT2D eigenvalue weighted by Gasteiger charge is 2.59. The second-order valence-electron chi connectivity index (χ2n) is 8.30. The molecule has 36 heavy (non-hydrogen) atoms. The minimum Gasteiger partial charge on any atom is -0.395 e. The van der Waals surface area contributed by atoms with Gasteiger partial charge in [0.25, 0.3) is 0 Å². The Hall–Kier alpha value is -3.46. The van der Waals surface area contributed by atoms with Gasteiger partial charge < -0.3 is 24.6 Å². The zero-order chi connectivity index (χ0) is 26.3. The SMILES string of the molecule is CCOC(C)(O)[C@@H]1[C@@H](C#Cc2ccnc(Cl)c2)C(=O)N1C(=O)N[C@H](C)c1ccc2c(c1)OC(F)(F)O2. The van der Waals surface area contributed by atoms with Crippen LogP contribution in [-0.4, -0.2) is 51.7 Å². The third kappa shape index (κ3) is 5.06. The van der Waals surface area contributed by atoms with Gasteiger partial charge in [0.05, 0.1) is 6.04 Å². The highest BCUT2D eigenvalue weighted by Crippen LogP contribution is 2.42. The zero-order valence-electron chi connectivity index (χ0n) is 19.4. The van der Waals surface area contributed by atoms with E-state index in [2.05, 4.69) is 31.6 Å². The molecule has 2 N–H and O–H groups in total. The number of halogens is 3. The molecule has 1 aromatic carbocycles. The zero-order valence-corrected chi connectivity index (χ0v) is 20.2. The summed E-state index contributed by atoms with van der Waals surface area (Å²) in [5.41, 5.74) is 0.929. The van der Waals surface area contributed by atoms with Crippen LogP contribution in [0.25, 0.3) is 0 Å². The van der Waals surface area contributed by atoms with E-state index in [9.17, 15) is 23.5 Å². The van der Waals surface area contributed by atoms with Crippen molar-refractivity contribution < 1.29 is 37.7 Å². The first-order valence-electron chi connectivity index (χ1n) is 10.9. The number of hydrogen-bond donors (Lipinski definition) is 2. The molecule has 0 radical (unpaired) electrons. The molecule has 1 fully saturated rings. The molecule has 4 rings (SSSR count). The number of benzene rings is 1.